The standard InChI is InChI=1S/C9H8F2O3S/c10-9(11)15-6-3-1-2-5(4-6)7(12)8(13)14/h1-4,7,9,12H,(H,13,14). The summed E-state index contributed by atoms with van der Waals surface area (Å²) in [5, 5.41) is 17.7. The average molecular weight is 234 g/mol. The van der Waals surface area contributed by atoms with Crippen LogP contribution in [-0.4, -0.2) is 21.9 Å². The van der Waals surface area contributed by atoms with Crippen molar-refractivity contribution in [2.45, 2.75) is 16.8 Å². The lowest BCUT2D eigenvalue weighted by atomic mass is 10.1. The van der Waals surface area contributed by atoms with E-state index < -0.39 is 17.8 Å². The highest BCUT2D eigenvalue weighted by molar-refractivity contribution is 7.99. The van der Waals surface area contributed by atoms with Crippen LogP contribution < -0.4 is 0 Å². The summed E-state index contributed by atoms with van der Waals surface area (Å²) in [6.07, 6.45) is -1.68. The predicted molar refractivity (Wildman–Crippen MR) is 50.9 cm³/mol. The Morgan fingerprint density at radius 3 is 2.60 bits per heavy atom. The van der Waals surface area contributed by atoms with Crippen LogP contribution in [0.5, 0.6) is 0 Å². The van der Waals surface area contributed by atoms with Crippen molar-refractivity contribution in [3.63, 3.8) is 0 Å². The van der Waals surface area contributed by atoms with Gasteiger partial charge in [-0.15, -0.1) is 0 Å². The van der Waals surface area contributed by atoms with Crippen molar-refractivity contribution < 1.29 is 23.8 Å². The van der Waals surface area contributed by atoms with Crippen molar-refractivity contribution in [1.29, 1.82) is 0 Å². The number of carbonyl (C=O) groups is 1. The van der Waals surface area contributed by atoms with Crippen molar-refractivity contribution in [2.75, 3.05) is 0 Å². The lowest BCUT2D eigenvalue weighted by Gasteiger charge is -2.07. The number of rotatable bonds is 4. The molecule has 6 heteroatoms. The summed E-state index contributed by atoms with van der Waals surface area (Å²) in [6, 6.07) is 5.45. The molecule has 1 atom stereocenters. The van der Waals surface area contributed by atoms with Gasteiger partial charge in [-0.3, -0.25) is 0 Å². The van der Waals surface area contributed by atoms with E-state index in [0.717, 1.165) is 0 Å². The van der Waals surface area contributed by atoms with Crippen LogP contribution in [0.2, 0.25) is 0 Å². The number of alkyl halides is 2. The van der Waals surface area contributed by atoms with Crippen LogP contribution in [0, 0.1) is 0 Å². The monoisotopic (exact) mass is 234 g/mol. The van der Waals surface area contributed by atoms with Crippen molar-refractivity contribution in [3.05, 3.63) is 29.8 Å². The molecule has 0 aliphatic rings. The van der Waals surface area contributed by atoms with Gasteiger partial charge in [-0.25, -0.2) is 4.79 Å². The Morgan fingerprint density at radius 1 is 1.40 bits per heavy atom. The third-order valence-corrected chi connectivity index (χ3v) is 2.34. The van der Waals surface area contributed by atoms with E-state index in [9.17, 15) is 13.6 Å². The van der Waals surface area contributed by atoms with Crippen LogP contribution in [0.1, 0.15) is 11.7 Å². The number of thioether (sulfide) groups is 1. The second-order valence-corrected chi connectivity index (χ2v) is 3.76. The zero-order valence-corrected chi connectivity index (χ0v) is 8.25. The highest BCUT2D eigenvalue weighted by atomic mass is 32.2. The van der Waals surface area contributed by atoms with Crippen molar-refractivity contribution in [2.24, 2.45) is 0 Å². The molecule has 2 N–H and O–H groups in total. The smallest absolute Gasteiger partial charge is 0.337 e. The molecule has 0 saturated carbocycles. The Hall–Kier alpha value is -1.14. The molecule has 0 amide bonds. The number of benzene rings is 1. The molecule has 0 fully saturated rings. The van der Waals surface area contributed by atoms with Gasteiger partial charge in [0, 0.05) is 4.90 Å². The summed E-state index contributed by atoms with van der Waals surface area (Å²) in [5.74, 6) is -3.98. The van der Waals surface area contributed by atoms with E-state index in [0.29, 0.717) is 11.8 Å². The number of aliphatic carboxylic acids is 1. The number of aliphatic hydroxyl groups is 1. The predicted octanol–water partition coefficient (Wildman–Crippen LogP) is 2.12. The molecule has 1 aromatic carbocycles. The van der Waals surface area contributed by atoms with Gasteiger partial charge in [-0.1, -0.05) is 23.9 Å². The quantitative estimate of drug-likeness (QED) is 0.783. The van der Waals surface area contributed by atoms with E-state index >= 15 is 0 Å². The second-order valence-electron chi connectivity index (χ2n) is 2.69. The lowest BCUT2D eigenvalue weighted by Crippen LogP contribution is -2.10. The van der Waals surface area contributed by atoms with Crippen LogP contribution in [0.3, 0.4) is 0 Å². The van der Waals surface area contributed by atoms with Gasteiger partial charge in [-0.2, -0.15) is 8.78 Å². The first-order valence-electron chi connectivity index (χ1n) is 3.96. The minimum absolute atomic E-state index is 0.0909. The summed E-state index contributed by atoms with van der Waals surface area (Å²) in [4.78, 5) is 10.7. The maximum absolute atomic E-state index is 12.0. The fraction of sp³-hybridized carbons (Fsp3) is 0.222. The number of carboxylic acids is 1. The molecule has 0 aromatic heterocycles. The number of aliphatic hydroxyl groups excluding tert-OH is 1. The van der Waals surface area contributed by atoms with Gasteiger partial charge < -0.3 is 10.2 Å². The van der Waals surface area contributed by atoms with Gasteiger partial charge in [0.1, 0.15) is 0 Å². The first kappa shape index (κ1) is 11.9. The molecule has 1 aromatic rings. The van der Waals surface area contributed by atoms with Gasteiger partial charge in [0.2, 0.25) is 0 Å². The van der Waals surface area contributed by atoms with Crippen LogP contribution in [0.4, 0.5) is 8.78 Å². The van der Waals surface area contributed by atoms with Crippen LogP contribution in [0.25, 0.3) is 0 Å². The minimum atomic E-state index is -2.57. The average Bonchev–Trinajstić information content (AvgIpc) is 2.16. The Morgan fingerprint density at radius 2 is 2.07 bits per heavy atom. The number of hydrogen-bond donors (Lipinski definition) is 2. The van der Waals surface area contributed by atoms with E-state index in [-0.39, 0.29) is 10.5 Å². The number of hydrogen-bond acceptors (Lipinski definition) is 3. The fourth-order valence-electron chi connectivity index (χ4n) is 1.00. The zero-order valence-electron chi connectivity index (χ0n) is 7.43. The van der Waals surface area contributed by atoms with E-state index in [1.54, 1.807) is 0 Å². The fourth-order valence-corrected chi connectivity index (χ4v) is 1.57. The highest BCUT2D eigenvalue weighted by Gasteiger charge is 2.16. The molecule has 0 saturated heterocycles. The van der Waals surface area contributed by atoms with E-state index in [4.69, 9.17) is 10.2 Å². The molecule has 0 bridgehead atoms. The molecule has 1 unspecified atom stereocenters. The molecule has 15 heavy (non-hydrogen) atoms. The van der Waals surface area contributed by atoms with Gasteiger partial charge >= 0.3 is 5.97 Å². The molecule has 0 aliphatic carbocycles. The Kier molecular flexibility index (Phi) is 4.05. The van der Waals surface area contributed by atoms with Gasteiger partial charge in [0.25, 0.3) is 5.76 Å². The number of carboxylic acid groups (broad SMARTS) is 1. The van der Waals surface area contributed by atoms with Gasteiger partial charge in [-0.05, 0) is 17.7 Å². The van der Waals surface area contributed by atoms with Crippen molar-refractivity contribution in [1.82, 2.24) is 0 Å². The molecule has 0 heterocycles. The SMILES string of the molecule is O=C(O)C(O)c1cccc(SC(F)F)c1. The maximum atomic E-state index is 12.0. The largest absolute Gasteiger partial charge is 0.479 e. The maximum Gasteiger partial charge on any atom is 0.337 e. The van der Waals surface area contributed by atoms with Gasteiger partial charge in [0.05, 0.1) is 0 Å². The van der Waals surface area contributed by atoms with E-state index in [1.807, 2.05) is 0 Å². The minimum Gasteiger partial charge on any atom is -0.479 e. The molecular weight excluding hydrogens is 226 g/mol. The summed E-state index contributed by atoms with van der Waals surface area (Å²) in [7, 11) is 0. The van der Waals surface area contributed by atoms with Crippen LogP contribution in [0.15, 0.2) is 29.2 Å². The molecular formula is C9H8F2O3S. The second kappa shape index (κ2) is 5.09. The lowest BCUT2D eigenvalue weighted by molar-refractivity contribution is -0.146. The Bertz CT molecular complexity index is 357. The van der Waals surface area contributed by atoms with Crippen molar-refractivity contribution in [3.8, 4) is 0 Å². The molecule has 3 nitrogen and oxygen atoms in total. The molecule has 0 spiro atoms. The van der Waals surface area contributed by atoms with E-state index in [1.165, 1.54) is 24.3 Å². The molecule has 0 aliphatic heterocycles. The molecule has 1 rings (SSSR count). The highest BCUT2D eigenvalue weighted by Crippen LogP contribution is 2.27. The number of halogens is 2. The zero-order chi connectivity index (χ0) is 11.4. The third kappa shape index (κ3) is 3.49. The normalized spacial score (nSPS) is 12.8. The van der Waals surface area contributed by atoms with Crippen LogP contribution >= 0.6 is 11.8 Å². The summed E-state index contributed by atoms with van der Waals surface area (Å²) in [6.45, 7) is 0. The topological polar surface area (TPSA) is 57.5 Å². The first-order valence-corrected chi connectivity index (χ1v) is 4.84. The molecule has 0 radical (unpaired) electrons. The van der Waals surface area contributed by atoms with Crippen molar-refractivity contribution >= 4 is 17.7 Å². The Labute approximate surface area is 88.7 Å². The van der Waals surface area contributed by atoms with E-state index in [2.05, 4.69) is 0 Å². The third-order valence-electron chi connectivity index (χ3n) is 1.63. The molecule has 82 valence electrons. The van der Waals surface area contributed by atoms with Crippen LogP contribution in [-0.2, 0) is 4.79 Å². The summed E-state index contributed by atoms with van der Waals surface area (Å²) < 4.78 is 24.0. The summed E-state index contributed by atoms with van der Waals surface area (Å²) >= 11 is 0.304. The Balaban J connectivity index is 2.87. The summed E-state index contributed by atoms with van der Waals surface area (Å²) in [5.41, 5.74) is 0.0909. The first-order chi connectivity index (χ1) is 7.00. The van der Waals surface area contributed by atoms with Gasteiger partial charge in [0.15, 0.2) is 6.10 Å².